The minimum Gasteiger partial charge on any atom is -0.368 e. The highest BCUT2D eigenvalue weighted by Gasteiger charge is 2.17. The lowest BCUT2D eigenvalue weighted by molar-refractivity contribution is -0.116. The Balaban J connectivity index is 3.15. The van der Waals surface area contributed by atoms with Crippen molar-refractivity contribution in [3.8, 4) is 0 Å². The number of amides is 1. The molecule has 100 valence electrons. The van der Waals surface area contributed by atoms with Crippen molar-refractivity contribution in [2.45, 2.75) is 39.7 Å². The van der Waals surface area contributed by atoms with Crippen LogP contribution >= 0.6 is 15.9 Å². The molecule has 18 heavy (non-hydrogen) atoms. The second kappa shape index (κ2) is 6.13. The Bertz CT molecular complexity index is 434. The van der Waals surface area contributed by atoms with E-state index in [2.05, 4.69) is 25.9 Å². The van der Waals surface area contributed by atoms with E-state index >= 15 is 0 Å². The van der Waals surface area contributed by atoms with E-state index in [1.54, 1.807) is 6.07 Å². The van der Waals surface area contributed by atoms with Crippen molar-refractivity contribution >= 4 is 27.7 Å². The molecule has 1 aromatic rings. The van der Waals surface area contributed by atoms with Crippen LogP contribution in [0.15, 0.2) is 10.7 Å². The van der Waals surface area contributed by atoms with E-state index in [-0.39, 0.29) is 24.4 Å². The molecule has 0 radical (unpaired) electrons. The predicted octanol–water partition coefficient (Wildman–Crippen LogP) is 2.06. The summed E-state index contributed by atoms with van der Waals surface area (Å²) in [6.07, 6.45) is 0. The summed E-state index contributed by atoms with van der Waals surface area (Å²) in [7, 11) is 0. The van der Waals surface area contributed by atoms with Gasteiger partial charge in [0.25, 0.3) is 0 Å². The molecule has 0 aromatic carbocycles. The molecule has 0 fully saturated rings. The first-order chi connectivity index (χ1) is 8.31. The summed E-state index contributed by atoms with van der Waals surface area (Å²) in [6.45, 7) is 8.19. The predicted molar refractivity (Wildman–Crippen MR) is 75.5 cm³/mol. The van der Waals surface area contributed by atoms with E-state index in [1.807, 2.05) is 32.6 Å². The van der Waals surface area contributed by atoms with Gasteiger partial charge in [0.1, 0.15) is 16.2 Å². The van der Waals surface area contributed by atoms with Crippen LogP contribution in [0.25, 0.3) is 0 Å². The minimum absolute atomic E-state index is 0.138. The third-order valence-corrected chi connectivity index (χ3v) is 2.87. The molecule has 1 rings (SSSR count). The van der Waals surface area contributed by atoms with Crippen LogP contribution < -0.4 is 10.6 Å². The second-order valence-electron chi connectivity index (χ2n) is 4.75. The summed E-state index contributed by atoms with van der Waals surface area (Å²) in [6, 6.07) is 1.94. The number of rotatable bonds is 5. The van der Waals surface area contributed by atoms with Crippen LogP contribution in [0.2, 0.25) is 0 Å². The molecule has 0 unspecified atom stereocenters. The van der Waals surface area contributed by atoms with Crippen LogP contribution in [0, 0.1) is 0 Å². The lowest BCUT2D eigenvalue weighted by atomic mass is 10.2. The Kier molecular flexibility index (Phi) is 5.07. The number of hydrogen-bond donors (Lipinski definition) is 1. The average molecular weight is 315 g/mol. The molecule has 1 aromatic heterocycles. The topological polar surface area (TPSA) is 72.1 Å². The third kappa shape index (κ3) is 3.94. The summed E-state index contributed by atoms with van der Waals surface area (Å²) in [5, 5.41) is 0. The molecule has 5 nitrogen and oxygen atoms in total. The number of hydrogen-bond acceptors (Lipinski definition) is 4. The zero-order valence-electron chi connectivity index (χ0n) is 11.1. The molecule has 1 heterocycles. The van der Waals surface area contributed by atoms with Crippen LogP contribution in [0.5, 0.6) is 0 Å². The summed E-state index contributed by atoms with van der Waals surface area (Å²) < 4.78 is 0.714. The fourth-order valence-corrected chi connectivity index (χ4v) is 1.91. The van der Waals surface area contributed by atoms with Gasteiger partial charge in [-0.1, -0.05) is 13.8 Å². The summed E-state index contributed by atoms with van der Waals surface area (Å²) in [5.41, 5.74) is 5.27. The molecular formula is C12H19BrN4O. The fraction of sp³-hybridized carbons (Fsp3) is 0.583. The molecule has 1 amide bonds. The maximum Gasteiger partial charge on any atom is 0.237 e. The lowest BCUT2D eigenvalue weighted by Gasteiger charge is -2.27. The Labute approximate surface area is 116 Å². The number of aromatic nitrogens is 2. The Morgan fingerprint density at radius 1 is 1.39 bits per heavy atom. The lowest BCUT2D eigenvalue weighted by Crippen LogP contribution is -2.39. The molecule has 0 aliphatic rings. The highest BCUT2D eigenvalue weighted by molar-refractivity contribution is 9.10. The number of primary amides is 1. The normalized spacial score (nSPS) is 11.1. The van der Waals surface area contributed by atoms with Gasteiger partial charge in [0, 0.05) is 18.0 Å². The number of nitrogens with zero attached hydrogens (tertiary/aromatic N) is 3. The number of carbonyl (C=O) groups is 1. The van der Waals surface area contributed by atoms with Crippen molar-refractivity contribution in [2.24, 2.45) is 5.73 Å². The van der Waals surface area contributed by atoms with Gasteiger partial charge in [0.15, 0.2) is 0 Å². The van der Waals surface area contributed by atoms with E-state index in [0.29, 0.717) is 4.60 Å². The van der Waals surface area contributed by atoms with E-state index in [4.69, 9.17) is 5.73 Å². The van der Waals surface area contributed by atoms with E-state index in [0.717, 1.165) is 11.6 Å². The summed E-state index contributed by atoms with van der Waals surface area (Å²) in [5.74, 6) is 1.32. The quantitative estimate of drug-likeness (QED) is 0.844. The molecule has 0 aliphatic carbocycles. The molecule has 0 aliphatic heterocycles. The van der Waals surface area contributed by atoms with Gasteiger partial charge < -0.3 is 10.6 Å². The highest BCUT2D eigenvalue weighted by Crippen LogP contribution is 2.21. The Morgan fingerprint density at radius 3 is 2.44 bits per heavy atom. The van der Waals surface area contributed by atoms with Gasteiger partial charge in [0.05, 0.1) is 6.54 Å². The van der Waals surface area contributed by atoms with Gasteiger partial charge in [-0.2, -0.15) is 0 Å². The zero-order valence-corrected chi connectivity index (χ0v) is 12.7. The largest absolute Gasteiger partial charge is 0.368 e. The standard InChI is InChI=1S/C12H19BrN4O/c1-7(2)12-15-9(13)5-11(16-12)17(8(3)4)6-10(14)18/h5,7-8H,6H2,1-4H3,(H2,14,18). The molecule has 6 heteroatoms. The smallest absolute Gasteiger partial charge is 0.237 e. The number of halogens is 1. The van der Waals surface area contributed by atoms with Crippen molar-refractivity contribution in [3.05, 3.63) is 16.5 Å². The molecular weight excluding hydrogens is 296 g/mol. The van der Waals surface area contributed by atoms with Crippen molar-refractivity contribution in [3.63, 3.8) is 0 Å². The minimum atomic E-state index is -0.371. The van der Waals surface area contributed by atoms with E-state index < -0.39 is 0 Å². The molecule has 0 spiro atoms. The maximum absolute atomic E-state index is 11.1. The molecule has 0 atom stereocenters. The Morgan fingerprint density at radius 2 is 2.00 bits per heavy atom. The second-order valence-corrected chi connectivity index (χ2v) is 5.56. The molecule has 2 N–H and O–H groups in total. The number of nitrogens with two attached hydrogens (primary N) is 1. The maximum atomic E-state index is 11.1. The SMILES string of the molecule is CC(C)c1nc(Br)cc(N(CC(N)=O)C(C)C)n1. The van der Waals surface area contributed by atoms with Gasteiger partial charge >= 0.3 is 0 Å². The zero-order chi connectivity index (χ0) is 13.9. The number of anilines is 1. The van der Waals surface area contributed by atoms with Crippen LogP contribution in [0.4, 0.5) is 5.82 Å². The van der Waals surface area contributed by atoms with Crippen molar-refractivity contribution in [2.75, 3.05) is 11.4 Å². The summed E-state index contributed by atoms with van der Waals surface area (Å²) in [4.78, 5) is 21.8. The Hall–Kier alpha value is -1.17. The molecule has 0 saturated heterocycles. The van der Waals surface area contributed by atoms with Gasteiger partial charge in [-0.3, -0.25) is 4.79 Å². The molecule has 0 saturated carbocycles. The average Bonchev–Trinajstić information content (AvgIpc) is 2.24. The first kappa shape index (κ1) is 14.9. The van der Waals surface area contributed by atoms with Crippen LogP contribution in [0.3, 0.4) is 0 Å². The fourth-order valence-electron chi connectivity index (χ4n) is 1.52. The first-order valence-corrected chi connectivity index (χ1v) is 6.70. The van der Waals surface area contributed by atoms with Gasteiger partial charge in [0.2, 0.25) is 5.91 Å². The molecule has 0 bridgehead atoms. The monoisotopic (exact) mass is 314 g/mol. The van der Waals surface area contributed by atoms with Gasteiger partial charge in [-0.15, -0.1) is 0 Å². The van der Waals surface area contributed by atoms with Crippen LogP contribution in [-0.2, 0) is 4.79 Å². The van der Waals surface area contributed by atoms with Gasteiger partial charge in [-0.05, 0) is 29.8 Å². The highest BCUT2D eigenvalue weighted by atomic mass is 79.9. The van der Waals surface area contributed by atoms with E-state index in [9.17, 15) is 4.79 Å². The van der Waals surface area contributed by atoms with Crippen molar-refractivity contribution < 1.29 is 4.79 Å². The van der Waals surface area contributed by atoms with E-state index in [1.165, 1.54) is 0 Å². The first-order valence-electron chi connectivity index (χ1n) is 5.90. The third-order valence-electron chi connectivity index (χ3n) is 2.46. The van der Waals surface area contributed by atoms with Crippen molar-refractivity contribution in [1.82, 2.24) is 9.97 Å². The summed E-state index contributed by atoms with van der Waals surface area (Å²) >= 11 is 3.37. The number of carbonyl (C=O) groups excluding carboxylic acids is 1. The van der Waals surface area contributed by atoms with Gasteiger partial charge in [-0.25, -0.2) is 9.97 Å². The van der Waals surface area contributed by atoms with Crippen LogP contribution in [-0.4, -0.2) is 28.5 Å². The van der Waals surface area contributed by atoms with Crippen molar-refractivity contribution in [1.29, 1.82) is 0 Å². The van der Waals surface area contributed by atoms with Crippen LogP contribution in [0.1, 0.15) is 39.4 Å².